The minimum absolute atomic E-state index is 0.0642. The molecule has 112 valence electrons. The second-order valence-corrected chi connectivity index (χ2v) is 6.69. The number of aryl methyl sites for hydroxylation is 3. The number of halogens is 1. The molecule has 2 rings (SSSR count). The zero-order valence-corrected chi connectivity index (χ0v) is 12.9. The summed E-state index contributed by atoms with van der Waals surface area (Å²) < 4.78 is 41.0. The Bertz CT molecular complexity index is 778. The van der Waals surface area contributed by atoms with Crippen LogP contribution in [-0.2, 0) is 10.0 Å². The van der Waals surface area contributed by atoms with E-state index >= 15 is 0 Å². The molecule has 3 N–H and O–H groups in total. The number of nitrogen functional groups attached to an aromatic ring is 1. The van der Waals surface area contributed by atoms with E-state index in [1.54, 1.807) is 39.0 Å². The van der Waals surface area contributed by atoms with E-state index in [1.807, 2.05) is 0 Å². The number of nitrogens with one attached hydrogen (secondary N) is 1. The summed E-state index contributed by atoms with van der Waals surface area (Å²) in [6, 6.07) is 7.42. The summed E-state index contributed by atoms with van der Waals surface area (Å²) in [4.78, 5) is 0.123. The number of hydrogen-bond donors (Lipinski definition) is 2. The predicted molar refractivity (Wildman–Crippen MR) is 82.3 cm³/mol. The number of rotatable bonds is 3. The molecule has 0 radical (unpaired) electrons. The van der Waals surface area contributed by atoms with Crippen molar-refractivity contribution < 1.29 is 12.8 Å². The van der Waals surface area contributed by atoms with Crippen LogP contribution in [0.4, 0.5) is 15.8 Å². The van der Waals surface area contributed by atoms with Crippen LogP contribution in [0.15, 0.2) is 35.2 Å². The Morgan fingerprint density at radius 1 is 1.05 bits per heavy atom. The average molecular weight is 308 g/mol. The molecule has 0 aromatic heterocycles. The maximum atomic E-state index is 13.7. The van der Waals surface area contributed by atoms with E-state index in [0.29, 0.717) is 16.8 Å². The van der Waals surface area contributed by atoms with Gasteiger partial charge in [-0.05, 0) is 61.7 Å². The van der Waals surface area contributed by atoms with Crippen LogP contribution in [0, 0.1) is 26.6 Å². The van der Waals surface area contributed by atoms with E-state index < -0.39 is 15.8 Å². The maximum Gasteiger partial charge on any atom is 0.262 e. The lowest BCUT2D eigenvalue weighted by atomic mass is 10.1. The van der Waals surface area contributed by atoms with Crippen molar-refractivity contribution in [1.29, 1.82) is 0 Å². The quantitative estimate of drug-likeness (QED) is 0.856. The fourth-order valence-electron chi connectivity index (χ4n) is 2.32. The third kappa shape index (κ3) is 3.16. The normalized spacial score (nSPS) is 11.4. The fourth-order valence-corrected chi connectivity index (χ4v) is 3.83. The highest BCUT2D eigenvalue weighted by Gasteiger charge is 2.21. The lowest BCUT2D eigenvalue weighted by Gasteiger charge is -2.14. The molecule has 2 aromatic rings. The van der Waals surface area contributed by atoms with Crippen LogP contribution in [0.3, 0.4) is 0 Å². The summed E-state index contributed by atoms with van der Waals surface area (Å²) in [7, 11) is -3.88. The number of anilines is 2. The molecule has 0 aliphatic carbocycles. The number of hydrogen-bond acceptors (Lipinski definition) is 3. The maximum absolute atomic E-state index is 13.7. The molecule has 21 heavy (non-hydrogen) atoms. The monoisotopic (exact) mass is 308 g/mol. The summed E-state index contributed by atoms with van der Waals surface area (Å²) in [6.07, 6.45) is 0. The molecule has 0 spiro atoms. The van der Waals surface area contributed by atoms with Crippen LogP contribution in [0.2, 0.25) is 0 Å². The smallest absolute Gasteiger partial charge is 0.262 e. The van der Waals surface area contributed by atoms with Crippen molar-refractivity contribution >= 4 is 21.4 Å². The molecule has 0 unspecified atom stereocenters. The van der Waals surface area contributed by atoms with Gasteiger partial charge in [0.15, 0.2) is 0 Å². The van der Waals surface area contributed by atoms with Gasteiger partial charge >= 0.3 is 0 Å². The first-order chi connectivity index (χ1) is 9.70. The molecule has 0 bridgehead atoms. The van der Waals surface area contributed by atoms with Gasteiger partial charge in [0.25, 0.3) is 10.0 Å². The lowest BCUT2D eigenvalue weighted by Crippen LogP contribution is -2.17. The fraction of sp³-hybridized carbons (Fsp3) is 0.200. The van der Waals surface area contributed by atoms with Crippen molar-refractivity contribution in [1.82, 2.24) is 0 Å². The Morgan fingerprint density at radius 3 is 2.19 bits per heavy atom. The van der Waals surface area contributed by atoms with Gasteiger partial charge in [0.2, 0.25) is 0 Å². The van der Waals surface area contributed by atoms with Gasteiger partial charge in [0.1, 0.15) is 5.82 Å². The first kappa shape index (κ1) is 15.3. The molecule has 4 nitrogen and oxygen atoms in total. The molecule has 0 heterocycles. The summed E-state index contributed by atoms with van der Waals surface area (Å²) in [6.45, 7) is 5.08. The van der Waals surface area contributed by atoms with Crippen molar-refractivity contribution in [3.63, 3.8) is 0 Å². The summed E-state index contributed by atoms with van der Waals surface area (Å²) in [5.74, 6) is -0.616. The summed E-state index contributed by atoms with van der Waals surface area (Å²) in [5, 5.41) is 0. The molecule has 0 atom stereocenters. The van der Waals surface area contributed by atoms with Gasteiger partial charge in [-0.15, -0.1) is 0 Å². The molecule has 0 aliphatic rings. The van der Waals surface area contributed by atoms with Crippen LogP contribution in [0.1, 0.15) is 16.7 Å². The second-order valence-electron chi connectivity index (χ2n) is 5.07. The van der Waals surface area contributed by atoms with Gasteiger partial charge in [-0.3, -0.25) is 4.72 Å². The van der Waals surface area contributed by atoms with E-state index in [2.05, 4.69) is 4.72 Å². The van der Waals surface area contributed by atoms with Crippen molar-refractivity contribution in [2.45, 2.75) is 25.7 Å². The largest absolute Gasteiger partial charge is 0.399 e. The van der Waals surface area contributed by atoms with Gasteiger partial charge in [-0.25, -0.2) is 12.8 Å². The minimum Gasteiger partial charge on any atom is -0.399 e. The highest BCUT2D eigenvalue weighted by atomic mass is 32.2. The van der Waals surface area contributed by atoms with Crippen LogP contribution >= 0.6 is 0 Å². The van der Waals surface area contributed by atoms with Gasteiger partial charge in [0, 0.05) is 5.69 Å². The number of benzene rings is 2. The molecule has 0 saturated heterocycles. The summed E-state index contributed by atoms with van der Waals surface area (Å²) >= 11 is 0. The third-order valence-corrected chi connectivity index (χ3v) is 4.79. The molecule has 0 fully saturated rings. The molecular formula is C15H17FN2O2S. The van der Waals surface area contributed by atoms with E-state index in [0.717, 1.165) is 5.56 Å². The van der Waals surface area contributed by atoms with E-state index in [1.165, 1.54) is 12.1 Å². The molecule has 2 aromatic carbocycles. The molecule has 6 heteroatoms. The minimum atomic E-state index is -3.88. The van der Waals surface area contributed by atoms with Gasteiger partial charge in [0.05, 0.1) is 10.6 Å². The highest BCUT2D eigenvalue weighted by molar-refractivity contribution is 7.92. The van der Waals surface area contributed by atoms with Crippen molar-refractivity contribution in [3.8, 4) is 0 Å². The van der Waals surface area contributed by atoms with Gasteiger partial charge in [-0.2, -0.15) is 0 Å². The SMILES string of the molecule is Cc1ccc(F)c(NS(=O)(=O)c2c(C)cc(N)cc2C)c1. The van der Waals surface area contributed by atoms with E-state index in [-0.39, 0.29) is 10.6 Å². The van der Waals surface area contributed by atoms with Crippen LogP contribution < -0.4 is 10.5 Å². The Morgan fingerprint density at radius 2 is 1.62 bits per heavy atom. The highest BCUT2D eigenvalue weighted by Crippen LogP contribution is 2.26. The standard InChI is InChI=1S/C15H17FN2O2S/c1-9-4-5-13(16)14(6-9)18-21(19,20)15-10(2)7-12(17)8-11(15)3/h4-8,18H,17H2,1-3H3. The topological polar surface area (TPSA) is 72.2 Å². The molecular weight excluding hydrogens is 291 g/mol. The van der Waals surface area contributed by atoms with Crippen molar-refractivity contribution in [2.75, 3.05) is 10.5 Å². The Balaban J connectivity index is 2.51. The third-order valence-electron chi connectivity index (χ3n) is 3.12. The predicted octanol–water partition coefficient (Wildman–Crippen LogP) is 3.13. The lowest BCUT2D eigenvalue weighted by molar-refractivity contribution is 0.597. The summed E-state index contributed by atoms with van der Waals surface area (Å²) in [5.41, 5.74) is 7.93. The molecule has 0 saturated carbocycles. The van der Waals surface area contributed by atoms with Crippen molar-refractivity contribution in [3.05, 3.63) is 52.8 Å². The first-order valence-electron chi connectivity index (χ1n) is 6.36. The van der Waals surface area contributed by atoms with Crippen LogP contribution in [0.25, 0.3) is 0 Å². The van der Waals surface area contributed by atoms with Crippen LogP contribution in [-0.4, -0.2) is 8.42 Å². The second kappa shape index (κ2) is 5.37. The first-order valence-corrected chi connectivity index (χ1v) is 7.85. The van der Waals surface area contributed by atoms with Crippen LogP contribution in [0.5, 0.6) is 0 Å². The van der Waals surface area contributed by atoms with Crippen molar-refractivity contribution in [2.24, 2.45) is 0 Å². The number of sulfonamides is 1. The zero-order valence-electron chi connectivity index (χ0n) is 12.1. The Hall–Kier alpha value is -2.08. The zero-order chi connectivity index (χ0) is 15.8. The van der Waals surface area contributed by atoms with E-state index in [9.17, 15) is 12.8 Å². The Kier molecular flexibility index (Phi) is 3.91. The average Bonchev–Trinajstić information content (AvgIpc) is 2.31. The molecule has 0 aliphatic heterocycles. The van der Waals surface area contributed by atoms with Gasteiger partial charge < -0.3 is 5.73 Å². The van der Waals surface area contributed by atoms with E-state index in [4.69, 9.17) is 5.73 Å². The molecule has 0 amide bonds. The number of nitrogens with two attached hydrogens (primary N) is 1. The Labute approximate surface area is 123 Å². The van der Waals surface area contributed by atoms with Gasteiger partial charge in [-0.1, -0.05) is 6.07 Å².